The van der Waals surface area contributed by atoms with E-state index in [0.29, 0.717) is 18.8 Å². The van der Waals surface area contributed by atoms with Gasteiger partial charge in [-0.3, -0.25) is 4.79 Å². The van der Waals surface area contributed by atoms with Gasteiger partial charge in [-0.15, -0.1) is 0 Å². The predicted molar refractivity (Wildman–Crippen MR) is 79.8 cm³/mol. The summed E-state index contributed by atoms with van der Waals surface area (Å²) >= 11 is 5.84. The number of rotatable bonds is 5. The lowest BCUT2D eigenvalue weighted by atomic mass is 10.1. The lowest BCUT2D eigenvalue weighted by molar-refractivity contribution is 0.330. The van der Waals surface area contributed by atoms with Gasteiger partial charge in [0.25, 0.3) is 5.56 Å². The van der Waals surface area contributed by atoms with E-state index in [9.17, 15) is 4.79 Å². The minimum atomic E-state index is -0.410. The topological polar surface area (TPSA) is 67.0 Å². The van der Waals surface area contributed by atoms with Crippen molar-refractivity contribution in [1.82, 2.24) is 10.2 Å². The molecule has 1 aromatic heterocycles. The molecule has 6 heteroatoms. The number of nitrogens with zero attached hydrogens (tertiary/aromatic N) is 1. The van der Waals surface area contributed by atoms with Crippen LogP contribution >= 0.6 is 11.6 Å². The first-order valence-corrected chi connectivity index (χ1v) is 6.63. The van der Waals surface area contributed by atoms with Crippen molar-refractivity contribution in [3.8, 4) is 5.75 Å². The second kappa shape index (κ2) is 6.43. The van der Waals surface area contributed by atoms with Crippen LogP contribution in [0.15, 0.2) is 29.2 Å². The van der Waals surface area contributed by atoms with Crippen molar-refractivity contribution in [3.05, 3.63) is 50.9 Å². The van der Waals surface area contributed by atoms with Crippen molar-refractivity contribution in [2.45, 2.75) is 13.8 Å². The van der Waals surface area contributed by atoms with Gasteiger partial charge < -0.3 is 10.1 Å². The van der Waals surface area contributed by atoms with E-state index in [1.165, 1.54) is 11.8 Å². The summed E-state index contributed by atoms with van der Waals surface area (Å²) in [6.07, 6.45) is 1.47. The number of aryl methyl sites for hydroxylation is 2. The van der Waals surface area contributed by atoms with E-state index in [4.69, 9.17) is 16.3 Å². The van der Waals surface area contributed by atoms with Gasteiger partial charge in [0.1, 0.15) is 17.4 Å². The molecule has 0 unspecified atom stereocenters. The quantitative estimate of drug-likeness (QED) is 0.831. The Balaban J connectivity index is 1.88. The zero-order valence-corrected chi connectivity index (χ0v) is 12.1. The second-order valence-corrected chi connectivity index (χ2v) is 4.85. The number of ether oxygens (including phenoxy) is 1. The van der Waals surface area contributed by atoms with Crippen LogP contribution in [0.3, 0.4) is 0 Å². The molecule has 2 N–H and O–H groups in total. The van der Waals surface area contributed by atoms with Crippen LogP contribution in [0.1, 0.15) is 11.1 Å². The SMILES string of the molecule is Cc1ccc(OCCNc2cn[nH]c(=O)c2Cl)c(C)c1. The van der Waals surface area contributed by atoms with Crippen molar-refractivity contribution in [2.75, 3.05) is 18.5 Å². The molecule has 0 fully saturated rings. The predicted octanol–water partition coefficient (Wildman–Crippen LogP) is 2.53. The summed E-state index contributed by atoms with van der Waals surface area (Å²) in [6.45, 7) is 5.04. The van der Waals surface area contributed by atoms with Gasteiger partial charge in [0, 0.05) is 6.54 Å². The van der Waals surface area contributed by atoms with Crippen LogP contribution < -0.4 is 15.6 Å². The standard InChI is InChI=1S/C14H16ClN3O2/c1-9-3-4-12(10(2)7-9)20-6-5-16-11-8-17-18-14(19)13(11)15/h3-4,7-8H,5-6H2,1-2H3,(H2,16,18,19). The first kappa shape index (κ1) is 14.4. The maximum absolute atomic E-state index is 11.2. The lowest BCUT2D eigenvalue weighted by Crippen LogP contribution is -2.16. The molecule has 106 valence electrons. The zero-order chi connectivity index (χ0) is 14.5. The molecule has 0 aliphatic heterocycles. The highest BCUT2D eigenvalue weighted by Crippen LogP contribution is 2.18. The van der Waals surface area contributed by atoms with E-state index in [1.54, 1.807) is 0 Å². The molecule has 0 bridgehead atoms. The average Bonchev–Trinajstić information content (AvgIpc) is 2.41. The molecular formula is C14H16ClN3O2. The molecule has 0 saturated carbocycles. The first-order valence-electron chi connectivity index (χ1n) is 6.25. The molecule has 1 heterocycles. The van der Waals surface area contributed by atoms with E-state index in [-0.39, 0.29) is 5.02 Å². The number of halogens is 1. The molecule has 1 aromatic carbocycles. The number of nitrogens with one attached hydrogen (secondary N) is 2. The fraction of sp³-hybridized carbons (Fsp3) is 0.286. The van der Waals surface area contributed by atoms with Gasteiger partial charge in [-0.1, -0.05) is 29.3 Å². The molecule has 0 atom stereocenters. The van der Waals surface area contributed by atoms with E-state index in [1.807, 2.05) is 26.0 Å². The monoisotopic (exact) mass is 293 g/mol. The maximum atomic E-state index is 11.2. The third-order valence-electron chi connectivity index (χ3n) is 2.80. The third-order valence-corrected chi connectivity index (χ3v) is 3.18. The molecule has 0 saturated heterocycles. The second-order valence-electron chi connectivity index (χ2n) is 4.47. The lowest BCUT2D eigenvalue weighted by Gasteiger charge is -2.11. The van der Waals surface area contributed by atoms with Gasteiger partial charge in [-0.05, 0) is 25.5 Å². The fourth-order valence-electron chi connectivity index (χ4n) is 1.81. The molecule has 0 spiro atoms. The summed E-state index contributed by atoms with van der Waals surface area (Å²) in [5.41, 5.74) is 2.39. The summed E-state index contributed by atoms with van der Waals surface area (Å²) in [5.74, 6) is 0.854. The van der Waals surface area contributed by atoms with Crippen molar-refractivity contribution < 1.29 is 4.74 Å². The van der Waals surface area contributed by atoms with Gasteiger partial charge in [0.2, 0.25) is 0 Å². The van der Waals surface area contributed by atoms with Crippen LogP contribution in [0.4, 0.5) is 5.69 Å². The van der Waals surface area contributed by atoms with Crippen molar-refractivity contribution >= 4 is 17.3 Å². The van der Waals surface area contributed by atoms with E-state index in [2.05, 4.69) is 21.6 Å². The van der Waals surface area contributed by atoms with Crippen LogP contribution in [-0.2, 0) is 0 Å². The minimum Gasteiger partial charge on any atom is -0.491 e. The van der Waals surface area contributed by atoms with E-state index < -0.39 is 5.56 Å². The number of aromatic nitrogens is 2. The minimum absolute atomic E-state index is 0.103. The Morgan fingerprint density at radius 3 is 2.95 bits per heavy atom. The van der Waals surface area contributed by atoms with Gasteiger partial charge >= 0.3 is 0 Å². The molecule has 0 aliphatic carbocycles. The first-order chi connectivity index (χ1) is 9.58. The highest BCUT2D eigenvalue weighted by Gasteiger charge is 2.04. The number of aromatic amines is 1. The summed E-state index contributed by atoms with van der Waals surface area (Å²) in [7, 11) is 0. The Labute approximate surface area is 121 Å². The smallest absolute Gasteiger partial charge is 0.285 e. The van der Waals surface area contributed by atoms with E-state index in [0.717, 1.165) is 11.3 Å². The van der Waals surface area contributed by atoms with Crippen LogP contribution in [0.5, 0.6) is 5.75 Å². The number of hydrogen-bond donors (Lipinski definition) is 2. The largest absolute Gasteiger partial charge is 0.491 e. The molecule has 2 rings (SSSR count). The highest BCUT2D eigenvalue weighted by atomic mass is 35.5. The van der Waals surface area contributed by atoms with Crippen LogP contribution in [-0.4, -0.2) is 23.3 Å². The Bertz CT molecular complexity index is 655. The van der Waals surface area contributed by atoms with Gasteiger partial charge in [-0.25, -0.2) is 5.10 Å². The third kappa shape index (κ3) is 3.51. The fourth-order valence-corrected chi connectivity index (χ4v) is 1.97. The van der Waals surface area contributed by atoms with Crippen LogP contribution in [0.25, 0.3) is 0 Å². The average molecular weight is 294 g/mol. The summed E-state index contributed by atoms with van der Waals surface area (Å²) < 4.78 is 5.67. The normalized spacial score (nSPS) is 10.3. The zero-order valence-electron chi connectivity index (χ0n) is 11.4. The van der Waals surface area contributed by atoms with Crippen molar-refractivity contribution in [2.24, 2.45) is 0 Å². The maximum Gasteiger partial charge on any atom is 0.285 e. The van der Waals surface area contributed by atoms with Gasteiger partial charge in [-0.2, -0.15) is 5.10 Å². The summed E-state index contributed by atoms with van der Waals surface area (Å²) in [5, 5.41) is 9.06. The molecule has 2 aromatic rings. The van der Waals surface area contributed by atoms with Gasteiger partial charge in [0.05, 0.1) is 11.9 Å². The highest BCUT2D eigenvalue weighted by molar-refractivity contribution is 6.32. The van der Waals surface area contributed by atoms with E-state index >= 15 is 0 Å². The molecule has 0 amide bonds. The van der Waals surface area contributed by atoms with Crippen LogP contribution in [0.2, 0.25) is 5.02 Å². The molecule has 5 nitrogen and oxygen atoms in total. The number of H-pyrrole nitrogens is 1. The number of benzene rings is 1. The Hall–Kier alpha value is -2.01. The summed E-state index contributed by atoms with van der Waals surface area (Å²) in [4.78, 5) is 11.2. The Morgan fingerprint density at radius 1 is 1.40 bits per heavy atom. The van der Waals surface area contributed by atoms with Crippen molar-refractivity contribution in [1.29, 1.82) is 0 Å². The molecule has 0 aliphatic rings. The number of anilines is 1. The molecule has 20 heavy (non-hydrogen) atoms. The number of hydrogen-bond acceptors (Lipinski definition) is 4. The summed E-state index contributed by atoms with van der Waals surface area (Å²) in [6, 6.07) is 6.03. The van der Waals surface area contributed by atoms with Crippen LogP contribution in [0, 0.1) is 13.8 Å². The van der Waals surface area contributed by atoms with Gasteiger partial charge in [0.15, 0.2) is 0 Å². The Kier molecular flexibility index (Phi) is 4.63. The molecular weight excluding hydrogens is 278 g/mol. The Morgan fingerprint density at radius 2 is 2.20 bits per heavy atom. The van der Waals surface area contributed by atoms with Crippen molar-refractivity contribution in [3.63, 3.8) is 0 Å². The molecule has 0 radical (unpaired) electrons.